The Kier molecular flexibility index (Phi) is 6.35. The molecular weight excluding hydrogens is 481 g/mol. The van der Waals surface area contributed by atoms with E-state index < -0.39 is 23.8 Å². The number of halogens is 3. The van der Waals surface area contributed by atoms with Crippen molar-refractivity contribution in [2.24, 2.45) is 4.99 Å². The number of nitrogens with one attached hydrogen (secondary N) is 1. The molecule has 0 radical (unpaired) electrons. The van der Waals surface area contributed by atoms with Crippen molar-refractivity contribution in [2.45, 2.75) is 52.7 Å². The first-order chi connectivity index (χ1) is 17.7. The van der Waals surface area contributed by atoms with E-state index in [9.17, 15) is 18.0 Å². The summed E-state index contributed by atoms with van der Waals surface area (Å²) in [4.78, 5) is 26.2. The van der Waals surface area contributed by atoms with E-state index in [2.05, 4.69) is 20.3 Å². The average Bonchev–Trinajstić information content (AvgIpc) is 3.34. The van der Waals surface area contributed by atoms with Gasteiger partial charge in [0.1, 0.15) is 23.3 Å². The molecule has 1 aromatic carbocycles. The Labute approximate surface area is 211 Å². The molecule has 3 aliphatic rings. The van der Waals surface area contributed by atoms with Crippen molar-refractivity contribution in [1.82, 2.24) is 19.1 Å². The number of hydrogen-bond donors (Lipinski definition) is 1. The number of fused-ring (bicyclic) bond motifs is 3. The van der Waals surface area contributed by atoms with Crippen LogP contribution in [0.2, 0.25) is 0 Å². The summed E-state index contributed by atoms with van der Waals surface area (Å²) in [5.41, 5.74) is 2.01. The van der Waals surface area contributed by atoms with Crippen molar-refractivity contribution in [1.29, 1.82) is 0 Å². The molecule has 0 fully saturated rings. The highest BCUT2D eigenvalue weighted by Crippen LogP contribution is 2.36. The van der Waals surface area contributed by atoms with Crippen LogP contribution in [-0.4, -0.2) is 25.6 Å². The highest BCUT2D eigenvalue weighted by Gasteiger charge is 2.25. The first-order valence-corrected chi connectivity index (χ1v) is 12.1. The highest BCUT2D eigenvalue weighted by atomic mass is 19.3. The van der Waals surface area contributed by atoms with Gasteiger partial charge in [0.2, 0.25) is 0 Å². The Balaban J connectivity index is 1.74. The van der Waals surface area contributed by atoms with Gasteiger partial charge in [0.05, 0.1) is 17.2 Å². The lowest BCUT2D eigenvalue weighted by molar-refractivity contribution is 0.146. The summed E-state index contributed by atoms with van der Waals surface area (Å²) in [6.45, 7) is 8.66. The summed E-state index contributed by atoms with van der Waals surface area (Å²) in [5.74, 6) is 1.07. The summed E-state index contributed by atoms with van der Waals surface area (Å²) in [6, 6.07) is 8.41. The predicted octanol–water partition coefficient (Wildman–Crippen LogP) is 5.27. The van der Waals surface area contributed by atoms with Gasteiger partial charge in [-0.3, -0.25) is 9.79 Å². The van der Waals surface area contributed by atoms with Crippen LogP contribution in [0, 0.1) is 12.7 Å². The van der Waals surface area contributed by atoms with E-state index >= 15 is 0 Å². The fourth-order valence-corrected chi connectivity index (χ4v) is 4.74. The van der Waals surface area contributed by atoms with Crippen LogP contribution in [0.25, 0.3) is 22.5 Å². The normalized spacial score (nSPS) is 14.5. The van der Waals surface area contributed by atoms with E-state index in [0.29, 0.717) is 35.8 Å². The molecule has 2 aromatic rings. The number of alkyl halides is 2. The second-order valence-corrected chi connectivity index (χ2v) is 9.43. The molecule has 0 amide bonds. The largest absolute Gasteiger partial charge is 0.369 e. The summed E-state index contributed by atoms with van der Waals surface area (Å²) in [6.07, 6.45) is -1.09. The zero-order valence-corrected chi connectivity index (χ0v) is 21.0. The van der Waals surface area contributed by atoms with Crippen molar-refractivity contribution >= 4 is 5.82 Å². The molecule has 0 bridgehead atoms. The van der Waals surface area contributed by atoms with Crippen LogP contribution in [0.3, 0.4) is 0 Å². The second-order valence-electron chi connectivity index (χ2n) is 9.43. The van der Waals surface area contributed by atoms with Crippen LogP contribution >= 0.6 is 0 Å². The third kappa shape index (κ3) is 4.41. The van der Waals surface area contributed by atoms with Crippen LogP contribution in [0.5, 0.6) is 0 Å². The monoisotopic (exact) mass is 508 g/mol. The minimum absolute atomic E-state index is 0.0159. The maximum Gasteiger partial charge on any atom is 0.266 e. The van der Waals surface area contributed by atoms with Gasteiger partial charge in [-0.2, -0.15) is 0 Å². The number of nitrogens with zero attached hydrogens (tertiary/aromatic N) is 5. The molecule has 192 valence electrons. The Morgan fingerprint density at radius 2 is 1.81 bits per heavy atom. The third-order valence-electron chi connectivity index (χ3n) is 6.58. The molecule has 0 spiro atoms. The fourth-order valence-electron chi connectivity index (χ4n) is 4.74. The Bertz CT molecular complexity index is 1590. The predicted molar refractivity (Wildman–Crippen MR) is 135 cm³/mol. The first-order valence-electron chi connectivity index (χ1n) is 12.1. The quantitative estimate of drug-likeness (QED) is 0.399. The molecule has 1 unspecified atom stereocenters. The number of rotatable bonds is 5. The highest BCUT2D eigenvalue weighted by molar-refractivity contribution is 5.82. The van der Waals surface area contributed by atoms with E-state index in [-0.39, 0.29) is 17.2 Å². The van der Waals surface area contributed by atoms with Crippen molar-refractivity contribution in [3.63, 3.8) is 0 Å². The zero-order valence-electron chi connectivity index (χ0n) is 21.0. The fraction of sp³-hybridized carbons (Fsp3) is 0.333. The molecule has 1 N–H and O–H groups in total. The smallest absolute Gasteiger partial charge is 0.266 e. The van der Waals surface area contributed by atoms with Gasteiger partial charge in [-0.15, -0.1) is 0 Å². The van der Waals surface area contributed by atoms with Crippen molar-refractivity contribution in [2.75, 3.05) is 11.9 Å². The van der Waals surface area contributed by atoms with Gasteiger partial charge >= 0.3 is 0 Å². The molecule has 4 heterocycles. The number of aromatic nitrogens is 4. The van der Waals surface area contributed by atoms with Gasteiger partial charge in [-0.1, -0.05) is 18.2 Å². The minimum atomic E-state index is -2.92. The SMILES string of the molecule is Cc1nc2n3c(c(-c4ccc(=O)n(C(C)C)c4)cc-2c(=NC(C)c2cccc(C(F)F)c2F)n1)NCC3. The molecule has 0 saturated heterocycles. The third-order valence-corrected chi connectivity index (χ3v) is 6.58. The number of hydrogen-bond acceptors (Lipinski definition) is 5. The van der Waals surface area contributed by atoms with Gasteiger partial charge < -0.3 is 14.5 Å². The van der Waals surface area contributed by atoms with E-state index in [1.807, 2.05) is 30.7 Å². The average molecular weight is 509 g/mol. The Morgan fingerprint density at radius 1 is 1.05 bits per heavy atom. The van der Waals surface area contributed by atoms with Crippen LogP contribution in [0.4, 0.5) is 19.0 Å². The zero-order chi connectivity index (χ0) is 26.4. The lowest BCUT2D eigenvalue weighted by atomic mass is 10.0. The van der Waals surface area contributed by atoms with Gasteiger partial charge in [-0.25, -0.2) is 23.1 Å². The van der Waals surface area contributed by atoms with Crippen molar-refractivity contribution < 1.29 is 13.2 Å². The topological polar surface area (TPSA) is 77.1 Å². The molecule has 5 rings (SSSR count). The lowest BCUT2D eigenvalue weighted by Gasteiger charge is -2.19. The molecule has 3 aliphatic heterocycles. The number of aryl methyl sites for hydroxylation is 1. The Hall–Kier alpha value is -3.95. The number of benzene rings is 1. The summed E-state index contributed by atoms with van der Waals surface area (Å²) < 4.78 is 45.1. The summed E-state index contributed by atoms with van der Waals surface area (Å²) in [5, 5.41) is 3.42. The van der Waals surface area contributed by atoms with Crippen LogP contribution in [-0.2, 0) is 6.54 Å². The van der Waals surface area contributed by atoms with Crippen molar-refractivity contribution in [3.05, 3.63) is 81.2 Å². The molecule has 10 heteroatoms. The maximum atomic E-state index is 14.9. The molecule has 0 aliphatic carbocycles. The van der Waals surface area contributed by atoms with E-state index in [4.69, 9.17) is 0 Å². The van der Waals surface area contributed by atoms with Gasteiger partial charge in [0.25, 0.3) is 12.0 Å². The molecule has 1 aromatic heterocycles. The summed E-state index contributed by atoms with van der Waals surface area (Å²) >= 11 is 0. The first kappa shape index (κ1) is 24.7. The van der Waals surface area contributed by atoms with E-state index in [0.717, 1.165) is 23.0 Å². The van der Waals surface area contributed by atoms with E-state index in [1.165, 1.54) is 12.1 Å². The van der Waals surface area contributed by atoms with E-state index in [1.54, 1.807) is 30.5 Å². The maximum absolute atomic E-state index is 14.9. The number of anilines is 1. The summed E-state index contributed by atoms with van der Waals surface area (Å²) in [7, 11) is 0. The molecule has 1 atom stereocenters. The standard InChI is InChI=1S/C27H27F3N6O/c1-14(2)36-13-17(8-9-22(36)37)20-12-21-25(33-16(4)34-27(21)35-11-10-31-26(20)35)32-15(3)18-6-5-7-19(23(18)28)24(29)30/h5-9,12-15,24,31H,10-11H2,1-4H3. The molecule has 7 nitrogen and oxygen atoms in total. The lowest BCUT2D eigenvalue weighted by Crippen LogP contribution is -2.22. The second kappa shape index (κ2) is 9.49. The van der Waals surface area contributed by atoms with Gasteiger partial charge in [0, 0.05) is 48.1 Å². The van der Waals surface area contributed by atoms with Gasteiger partial charge in [-0.05, 0) is 39.8 Å². The molecular formula is C27H27F3N6O. The Morgan fingerprint density at radius 3 is 2.54 bits per heavy atom. The minimum Gasteiger partial charge on any atom is -0.369 e. The van der Waals surface area contributed by atoms with Crippen LogP contribution < -0.4 is 16.4 Å². The molecule has 37 heavy (non-hydrogen) atoms. The van der Waals surface area contributed by atoms with Crippen molar-refractivity contribution in [3.8, 4) is 22.5 Å². The molecule has 0 saturated carbocycles. The van der Waals surface area contributed by atoms with Crippen LogP contribution in [0.1, 0.15) is 56.2 Å². The number of pyridine rings is 2. The van der Waals surface area contributed by atoms with Gasteiger partial charge in [0.15, 0.2) is 5.49 Å². The van der Waals surface area contributed by atoms with Crippen LogP contribution in [0.15, 0.2) is 52.4 Å².